The number of nitrogens with zero attached hydrogens (tertiary/aromatic N) is 2. The zero-order chi connectivity index (χ0) is 11.8. The van der Waals surface area contributed by atoms with E-state index in [1.807, 2.05) is 30.3 Å². The number of nitrogens with two attached hydrogens (primary N) is 1. The number of hydrogen-bond donors (Lipinski definition) is 2. The number of anilines is 1. The summed E-state index contributed by atoms with van der Waals surface area (Å²) in [5.41, 5.74) is 8.00. The van der Waals surface area contributed by atoms with E-state index in [0.29, 0.717) is 16.5 Å². The number of nitrogens with one attached hydrogen (secondary N) is 1. The molecule has 5 heteroatoms. The molecule has 0 amide bonds. The lowest BCUT2D eigenvalue weighted by Gasteiger charge is -1.95. The van der Waals surface area contributed by atoms with E-state index in [1.54, 1.807) is 6.07 Å². The van der Waals surface area contributed by atoms with Crippen LogP contribution in [0.1, 0.15) is 0 Å². The molecule has 0 fully saturated rings. The maximum Gasteiger partial charge on any atom is 0.180 e. The number of halogens is 1. The monoisotopic (exact) mass is 244 g/mol. The Labute approximate surface area is 102 Å². The van der Waals surface area contributed by atoms with Gasteiger partial charge in [-0.05, 0) is 24.3 Å². The smallest absolute Gasteiger partial charge is 0.180 e. The van der Waals surface area contributed by atoms with Crippen LogP contribution in [0.5, 0.6) is 0 Å². The number of H-pyrrole nitrogens is 1. The SMILES string of the molecule is Nc1ccc2[nH]c(-c3cccc(Cl)c3)nc2n1. The Bertz CT molecular complexity index is 690. The first-order valence-electron chi connectivity index (χ1n) is 5.10. The average Bonchev–Trinajstić information content (AvgIpc) is 2.72. The van der Waals surface area contributed by atoms with Crippen LogP contribution in [0.4, 0.5) is 5.82 Å². The van der Waals surface area contributed by atoms with Crippen molar-refractivity contribution in [2.75, 3.05) is 5.73 Å². The van der Waals surface area contributed by atoms with Gasteiger partial charge in [0.05, 0.1) is 5.52 Å². The molecule has 3 rings (SSSR count). The van der Waals surface area contributed by atoms with Crippen molar-refractivity contribution in [3.8, 4) is 11.4 Å². The molecule has 3 N–H and O–H groups in total. The highest BCUT2D eigenvalue weighted by Crippen LogP contribution is 2.22. The number of aromatic amines is 1. The molecule has 0 saturated heterocycles. The van der Waals surface area contributed by atoms with Gasteiger partial charge < -0.3 is 10.7 Å². The lowest BCUT2D eigenvalue weighted by molar-refractivity contribution is 1.30. The summed E-state index contributed by atoms with van der Waals surface area (Å²) in [4.78, 5) is 11.7. The third-order valence-corrected chi connectivity index (χ3v) is 2.70. The van der Waals surface area contributed by atoms with Crippen molar-refractivity contribution in [2.45, 2.75) is 0 Å². The van der Waals surface area contributed by atoms with Crippen molar-refractivity contribution < 1.29 is 0 Å². The van der Waals surface area contributed by atoms with E-state index in [4.69, 9.17) is 17.3 Å². The Morgan fingerprint density at radius 3 is 2.82 bits per heavy atom. The van der Waals surface area contributed by atoms with Gasteiger partial charge in [-0.2, -0.15) is 0 Å². The molecule has 0 radical (unpaired) electrons. The van der Waals surface area contributed by atoms with E-state index in [1.165, 1.54) is 0 Å². The maximum atomic E-state index is 5.94. The number of aromatic nitrogens is 3. The first kappa shape index (κ1) is 10.1. The molecule has 0 aliphatic rings. The average molecular weight is 245 g/mol. The molecule has 0 aliphatic carbocycles. The Hall–Kier alpha value is -2.07. The number of imidazole rings is 1. The van der Waals surface area contributed by atoms with Crippen LogP contribution in [-0.2, 0) is 0 Å². The normalized spacial score (nSPS) is 10.9. The molecule has 0 atom stereocenters. The van der Waals surface area contributed by atoms with Gasteiger partial charge in [-0.25, -0.2) is 9.97 Å². The van der Waals surface area contributed by atoms with Gasteiger partial charge in [0.1, 0.15) is 11.6 Å². The zero-order valence-corrected chi connectivity index (χ0v) is 9.57. The van der Waals surface area contributed by atoms with Crippen LogP contribution in [0, 0.1) is 0 Å². The molecule has 0 spiro atoms. The Morgan fingerprint density at radius 1 is 1.12 bits per heavy atom. The summed E-state index contributed by atoms with van der Waals surface area (Å²) in [6, 6.07) is 11.1. The highest BCUT2D eigenvalue weighted by atomic mass is 35.5. The second kappa shape index (κ2) is 3.75. The summed E-state index contributed by atoms with van der Waals surface area (Å²) in [7, 11) is 0. The largest absolute Gasteiger partial charge is 0.384 e. The van der Waals surface area contributed by atoms with Gasteiger partial charge in [-0.3, -0.25) is 0 Å². The second-order valence-electron chi connectivity index (χ2n) is 3.70. The molecule has 3 aromatic rings. The zero-order valence-electron chi connectivity index (χ0n) is 8.81. The van der Waals surface area contributed by atoms with Crippen LogP contribution in [0.25, 0.3) is 22.6 Å². The van der Waals surface area contributed by atoms with Crippen molar-refractivity contribution in [1.29, 1.82) is 0 Å². The van der Waals surface area contributed by atoms with Crippen LogP contribution in [0.2, 0.25) is 5.02 Å². The molecular formula is C12H9ClN4. The van der Waals surface area contributed by atoms with Crippen molar-refractivity contribution in [2.24, 2.45) is 0 Å². The molecule has 0 unspecified atom stereocenters. The van der Waals surface area contributed by atoms with E-state index in [9.17, 15) is 0 Å². The molecule has 1 aromatic carbocycles. The predicted molar refractivity (Wildman–Crippen MR) is 68.7 cm³/mol. The first-order chi connectivity index (χ1) is 8.22. The minimum Gasteiger partial charge on any atom is -0.384 e. The third-order valence-electron chi connectivity index (χ3n) is 2.47. The molecule has 2 aromatic heterocycles. The van der Waals surface area contributed by atoms with Gasteiger partial charge in [0.15, 0.2) is 5.65 Å². The quantitative estimate of drug-likeness (QED) is 0.692. The van der Waals surface area contributed by atoms with Gasteiger partial charge in [0, 0.05) is 10.6 Å². The van der Waals surface area contributed by atoms with Gasteiger partial charge in [0.25, 0.3) is 0 Å². The summed E-state index contributed by atoms with van der Waals surface area (Å²) in [6.07, 6.45) is 0. The minimum atomic E-state index is 0.460. The van der Waals surface area contributed by atoms with E-state index in [-0.39, 0.29) is 0 Å². The van der Waals surface area contributed by atoms with Gasteiger partial charge in [-0.1, -0.05) is 23.7 Å². The Balaban J connectivity index is 2.18. The molecule has 0 aliphatic heterocycles. The maximum absolute atomic E-state index is 5.94. The fourth-order valence-corrected chi connectivity index (χ4v) is 1.87. The molecule has 0 saturated carbocycles. The van der Waals surface area contributed by atoms with E-state index < -0.39 is 0 Å². The standard InChI is InChI=1S/C12H9ClN4/c13-8-3-1-2-7(6-8)11-15-9-4-5-10(14)16-12(9)17-11/h1-6H,(H3,14,15,16,17). The number of benzene rings is 1. The summed E-state index contributed by atoms with van der Waals surface area (Å²) in [5.74, 6) is 1.20. The number of rotatable bonds is 1. The van der Waals surface area contributed by atoms with Crippen LogP contribution in [0.15, 0.2) is 36.4 Å². The van der Waals surface area contributed by atoms with Gasteiger partial charge in [0.2, 0.25) is 0 Å². The highest BCUT2D eigenvalue weighted by molar-refractivity contribution is 6.30. The summed E-state index contributed by atoms with van der Waals surface area (Å²) in [5, 5.41) is 0.676. The van der Waals surface area contributed by atoms with Crippen LogP contribution < -0.4 is 5.73 Å². The lowest BCUT2D eigenvalue weighted by Crippen LogP contribution is -1.88. The Morgan fingerprint density at radius 2 is 2.00 bits per heavy atom. The van der Waals surface area contributed by atoms with Crippen molar-refractivity contribution >= 4 is 28.6 Å². The second-order valence-corrected chi connectivity index (χ2v) is 4.14. The Kier molecular flexibility index (Phi) is 2.23. The molecular weight excluding hydrogens is 236 g/mol. The topological polar surface area (TPSA) is 67.6 Å². The number of pyridine rings is 1. The van der Waals surface area contributed by atoms with Crippen LogP contribution in [-0.4, -0.2) is 15.0 Å². The molecule has 17 heavy (non-hydrogen) atoms. The van der Waals surface area contributed by atoms with Gasteiger partial charge >= 0.3 is 0 Å². The summed E-state index contributed by atoms with van der Waals surface area (Å²) in [6.45, 7) is 0. The molecule has 4 nitrogen and oxygen atoms in total. The van der Waals surface area contributed by atoms with E-state index in [0.717, 1.165) is 16.9 Å². The van der Waals surface area contributed by atoms with Gasteiger partial charge in [-0.15, -0.1) is 0 Å². The number of nitrogen functional groups attached to an aromatic ring is 1. The predicted octanol–water partition coefficient (Wildman–Crippen LogP) is 2.86. The molecule has 2 heterocycles. The van der Waals surface area contributed by atoms with Crippen molar-refractivity contribution in [1.82, 2.24) is 15.0 Å². The van der Waals surface area contributed by atoms with Crippen molar-refractivity contribution in [3.05, 3.63) is 41.4 Å². The lowest BCUT2D eigenvalue weighted by atomic mass is 10.2. The van der Waals surface area contributed by atoms with Crippen molar-refractivity contribution in [3.63, 3.8) is 0 Å². The number of fused-ring (bicyclic) bond motifs is 1. The third kappa shape index (κ3) is 1.83. The highest BCUT2D eigenvalue weighted by Gasteiger charge is 2.06. The van der Waals surface area contributed by atoms with E-state index in [2.05, 4.69) is 15.0 Å². The summed E-state index contributed by atoms with van der Waals surface area (Å²) >= 11 is 5.94. The first-order valence-corrected chi connectivity index (χ1v) is 5.48. The van der Waals surface area contributed by atoms with Crippen LogP contribution in [0.3, 0.4) is 0 Å². The minimum absolute atomic E-state index is 0.460. The molecule has 84 valence electrons. The summed E-state index contributed by atoms with van der Waals surface area (Å²) < 4.78 is 0. The fourth-order valence-electron chi connectivity index (χ4n) is 1.68. The molecule has 0 bridgehead atoms. The number of hydrogen-bond acceptors (Lipinski definition) is 3. The fraction of sp³-hybridized carbons (Fsp3) is 0. The van der Waals surface area contributed by atoms with Crippen LogP contribution >= 0.6 is 11.6 Å². The van der Waals surface area contributed by atoms with E-state index >= 15 is 0 Å².